The van der Waals surface area contributed by atoms with Crippen molar-refractivity contribution in [3.63, 3.8) is 0 Å². The Hall–Kier alpha value is -1.02. The van der Waals surface area contributed by atoms with Crippen molar-refractivity contribution in [1.82, 2.24) is 5.32 Å². The molecule has 84 valence electrons. The van der Waals surface area contributed by atoms with Crippen LogP contribution in [0.5, 0.6) is 5.75 Å². The summed E-state index contributed by atoms with van der Waals surface area (Å²) in [7, 11) is 3.71. The number of hydrogen-bond acceptors (Lipinski definition) is 2. The molecule has 0 heterocycles. The van der Waals surface area contributed by atoms with Crippen LogP contribution >= 0.6 is 0 Å². The molecule has 1 N–H and O–H groups in total. The third-order valence-corrected chi connectivity index (χ3v) is 2.75. The lowest BCUT2D eigenvalue weighted by atomic mass is 9.97. The van der Waals surface area contributed by atoms with Crippen LogP contribution in [0, 0.1) is 5.92 Å². The van der Waals surface area contributed by atoms with E-state index in [1.165, 1.54) is 12.0 Å². The summed E-state index contributed by atoms with van der Waals surface area (Å²) in [5.41, 5.74) is 1.39. The van der Waals surface area contributed by atoms with E-state index in [1.807, 2.05) is 19.2 Å². The number of ether oxygens (including phenoxy) is 1. The van der Waals surface area contributed by atoms with Crippen LogP contribution in [-0.4, -0.2) is 20.7 Å². The van der Waals surface area contributed by atoms with Crippen molar-refractivity contribution >= 4 is 0 Å². The highest BCUT2D eigenvalue weighted by molar-refractivity contribution is 5.27. The fourth-order valence-electron chi connectivity index (χ4n) is 1.74. The summed E-state index contributed by atoms with van der Waals surface area (Å²) in [6.07, 6.45) is 2.36. The van der Waals surface area contributed by atoms with Gasteiger partial charge in [0.1, 0.15) is 5.75 Å². The Morgan fingerprint density at radius 2 is 1.93 bits per heavy atom. The summed E-state index contributed by atoms with van der Waals surface area (Å²) >= 11 is 0. The van der Waals surface area contributed by atoms with Gasteiger partial charge in [-0.25, -0.2) is 0 Å². The Balaban J connectivity index is 2.55. The molecule has 0 aliphatic rings. The predicted octanol–water partition coefficient (Wildman–Crippen LogP) is 2.48. The summed E-state index contributed by atoms with van der Waals surface area (Å²) < 4.78 is 5.14. The summed E-state index contributed by atoms with van der Waals surface area (Å²) in [6, 6.07) is 8.36. The first-order chi connectivity index (χ1) is 7.30. The van der Waals surface area contributed by atoms with E-state index >= 15 is 0 Å². The highest BCUT2D eigenvalue weighted by Crippen LogP contribution is 2.15. The Labute approximate surface area is 92.6 Å². The van der Waals surface area contributed by atoms with E-state index in [1.54, 1.807) is 7.11 Å². The van der Waals surface area contributed by atoms with E-state index in [-0.39, 0.29) is 0 Å². The van der Waals surface area contributed by atoms with Gasteiger partial charge in [0.15, 0.2) is 0 Å². The Morgan fingerprint density at radius 3 is 2.40 bits per heavy atom. The fraction of sp³-hybridized carbons (Fsp3) is 0.538. The van der Waals surface area contributed by atoms with Crippen molar-refractivity contribution in [1.29, 1.82) is 0 Å². The smallest absolute Gasteiger partial charge is 0.118 e. The number of methoxy groups -OCH3 is 1. The molecule has 0 aliphatic heterocycles. The highest BCUT2D eigenvalue weighted by Gasteiger charge is 2.06. The average Bonchev–Trinajstić information content (AvgIpc) is 2.29. The largest absolute Gasteiger partial charge is 0.497 e. The first-order valence-electron chi connectivity index (χ1n) is 5.57. The van der Waals surface area contributed by atoms with Crippen molar-refractivity contribution in [2.45, 2.75) is 19.8 Å². The van der Waals surface area contributed by atoms with E-state index < -0.39 is 0 Å². The molecule has 0 aromatic heterocycles. The van der Waals surface area contributed by atoms with Gasteiger partial charge < -0.3 is 10.1 Å². The molecule has 1 atom stereocenters. The van der Waals surface area contributed by atoms with Gasteiger partial charge in [-0.2, -0.15) is 0 Å². The SMILES string of the molecule is CCC(CNC)Cc1ccc(OC)cc1. The van der Waals surface area contributed by atoms with Crippen LogP contribution < -0.4 is 10.1 Å². The van der Waals surface area contributed by atoms with E-state index in [2.05, 4.69) is 24.4 Å². The summed E-state index contributed by atoms with van der Waals surface area (Å²) in [5.74, 6) is 1.66. The van der Waals surface area contributed by atoms with Crippen LogP contribution in [0.1, 0.15) is 18.9 Å². The number of hydrogen-bond donors (Lipinski definition) is 1. The summed E-state index contributed by atoms with van der Waals surface area (Å²) in [5, 5.41) is 3.24. The Bertz CT molecular complexity index is 268. The molecule has 0 aliphatic carbocycles. The predicted molar refractivity (Wildman–Crippen MR) is 64.4 cm³/mol. The first kappa shape index (κ1) is 12.1. The monoisotopic (exact) mass is 207 g/mol. The third-order valence-electron chi connectivity index (χ3n) is 2.75. The number of benzene rings is 1. The molecule has 1 rings (SSSR count). The average molecular weight is 207 g/mol. The standard InChI is InChI=1S/C13H21NO/c1-4-11(10-14-2)9-12-5-7-13(15-3)8-6-12/h5-8,11,14H,4,9-10H2,1-3H3. The quantitative estimate of drug-likeness (QED) is 0.773. The molecular formula is C13H21NO. The zero-order chi connectivity index (χ0) is 11.1. The molecule has 2 nitrogen and oxygen atoms in total. The molecule has 0 radical (unpaired) electrons. The maximum Gasteiger partial charge on any atom is 0.118 e. The summed E-state index contributed by atoms with van der Waals surface area (Å²) in [6.45, 7) is 3.33. The van der Waals surface area contributed by atoms with Crippen LogP contribution in [-0.2, 0) is 6.42 Å². The Kier molecular flexibility index (Phi) is 5.19. The van der Waals surface area contributed by atoms with Crippen molar-refractivity contribution < 1.29 is 4.74 Å². The van der Waals surface area contributed by atoms with Crippen LogP contribution in [0.25, 0.3) is 0 Å². The fourth-order valence-corrected chi connectivity index (χ4v) is 1.74. The normalized spacial score (nSPS) is 12.5. The Morgan fingerprint density at radius 1 is 1.27 bits per heavy atom. The van der Waals surface area contributed by atoms with E-state index in [4.69, 9.17) is 4.74 Å². The minimum Gasteiger partial charge on any atom is -0.497 e. The van der Waals surface area contributed by atoms with E-state index in [0.717, 1.165) is 24.6 Å². The maximum absolute atomic E-state index is 5.14. The van der Waals surface area contributed by atoms with Gasteiger partial charge >= 0.3 is 0 Å². The lowest BCUT2D eigenvalue weighted by Gasteiger charge is -2.14. The molecule has 0 saturated carbocycles. The van der Waals surface area contributed by atoms with Gasteiger partial charge in [-0.05, 0) is 43.6 Å². The molecule has 0 bridgehead atoms. The lowest BCUT2D eigenvalue weighted by molar-refractivity contribution is 0.414. The minimum absolute atomic E-state index is 0.725. The number of rotatable bonds is 6. The molecule has 15 heavy (non-hydrogen) atoms. The maximum atomic E-state index is 5.14. The molecule has 1 aromatic carbocycles. The highest BCUT2D eigenvalue weighted by atomic mass is 16.5. The first-order valence-corrected chi connectivity index (χ1v) is 5.57. The van der Waals surface area contributed by atoms with Gasteiger partial charge in [-0.1, -0.05) is 25.5 Å². The van der Waals surface area contributed by atoms with Crippen LogP contribution in [0.4, 0.5) is 0 Å². The van der Waals surface area contributed by atoms with Crippen LogP contribution in [0.3, 0.4) is 0 Å². The topological polar surface area (TPSA) is 21.3 Å². The zero-order valence-corrected chi connectivity index (χ0v) is 9.92. The molecular weight excluding hydrogens is 186 g/mol. The second-order valence-corrected chi connectivity index (χ2v) is 3.88. The molecule has 2 heteroatoms. The van der Waals surface area contributed by atoms with E-state index in [9.17, 15) is 0 Å². The van der Waals surface area contributed by atoms with Crippen LogP contribution in [0.15, 0.2) is 24.3 Å². The van der Waals surface area contributed by atoms with Crippen molar-refractivity contribution in [2.75, 3.05) is 20.7 Å². The molecule has 0 fully saturated rings. The summed E-state index contributed by atoms with van der Waals surface area (Å²) in [4.78, 5) is 0. The number of nitrogens with one attached hydrogen (secondary N) is 1. The molecule has 0 saturated heterocycles. The zero-order valence-electron chi connectivity index (χ0n) is 9.92. The second-order valence-electron chi connectivity index (χ2n) is 3.88. The van der Waals surface area contributed by atoms with Crippen molar-refractivity contribution in [3.8, 4) is 5.75 Å². The third kappa shape index (κ3) is 3.92. The van der Waals surface area contributed by atoms with Crippen molar-refractivity contribution in [2.24, 2.45) is 5.92 Å². The molecule has 1 unspecified atom stereocenters. The van der Waals surface area contributed by atoms with Gasteiger partial charge in [-0.15, -0.1) is 0 Å². The van der Waals surface area contributed by atoms with Crippen molar-refractivity contribution in [3.05, 3.63) is 29.8 Å². The van der Waals surface area contributed by atoms with Crippen LogP contribution in [0.2, 0.25) is 0 Å². The van der Waals surface area contributed by atoms with Gasteiger partial charge in [0.05, 0.1) is 7.11 Å². The molecule has 1 aromatic rings. The lowest BCUT2D eigenvalue weighted by Crippen LogP contribution is -2.20. The molecule has 0 amide bonds. The van der Waals surface area contributed by atoms with Gasteiger partial charge in [0, 0.05) is 0 Å². The van der Waals surface area contributed by atoms with Gasteiger partial charge in [-0.3, -0.25) is 0 Å². The van der Waals surface area contributed by atoms with Gasteiger partial charge in [0.25, 0.3) is 0 Å². The minimum atomic E-state index is 0.725. The van der Waals surface area contributed by atoms with E-state index in [0.29, 0.717) is 0 Å². The molecule has 0 spiro atoms. The van der Waals surface area contributed by atoms with Gasteiger partial charge in [0.2, 0.25) is 0 Å². The second kappa shape index (κ2) is 6.46.